The van der Waals surface area contributed by atoms with Crippen molar-refractivity contribution in [3.8, 4) is 28.4 Å². The van der Waals surface area contributed by atoms with Crippen LogP contribution in [-0.2, 0) is 6.54 Å². The van der Waals surface area contributed by atoms with E-state index in [2.05, 4.69) is 70.9 Å². The van der Waals surface area contributed by atoms with Gasteiger partial charge in [-0.15, -0.1) is 0 Å². The second kappa shape index (κ2) is 12.9. The van der Waals surface area contributed by atoms with Crippen molar-refractivity contribution in [3.63, 3.8) is 0 Å². The molecule has 5 heteroatoms. The first kappa shape index (κ1) is 26.9. The summed E-state index contributed by atoms with van der Waals surface area (Å²) in [6, 6.07) is 22.3. The van der Waals surface area contributed by atoms with E-state index in [1.165, 1.54) is 40.8 Å². The van der Waals surface area contributed by atoms with Crippen molar-refractivity contribution < 1.29 is 14.2 Å². The highest BCUT2D eigenvalue weighted by atomic mass is 16.5. The smallest absolute Gasteiger partial charge is 0.164 e. The monoisotopic (exact) mass is 502 g/mol. The Labute approximate surface area is 222 Å². The third kappa shape index (κ3) is 6.40. The van der Waals surface area contributed by atoms with Crippen LogP contribution in [0.2, 0.25) is 0 Å². The van der Waals surface area contributed by atoms with E-state index in [9.17, 15) is 0 Å². The minimum atomic E-state index is 0.510. The van der Waals surface area contributed by atoms with Gasteiger partial charge in [-0.1, -0.05) is 32.0 Å². The van der Waals surface area contributed by atoms with E-state index in [4.69, 9.17) is 14.2 Å². The molecule has 0 bridgehead atoms. The zero-order chi connectivity index (χ0) is 26.2. The summed E-state index contributed by atoms with van der Waals surface area (Å²) in [6.45, 7) is 6.99. The molecule has 37 heavy (non-hydrogen) atoms. The van der Waals surface area contributed by atoms with Gasteiger partial charge < -0.3 is 24.4 Å². The van der Waals surface area contributed by atoms with Crippen LogP contribution in [-0.4, -0.2) is 40.5 Å². The molecule has 1 aliphatic heterocycles. The number of anilines is 1. The highest BCUT2D eigenvalue weighted by molar-refractivity contribution is 5.70. The molecule has 5 rings (SSSR count). The fraction of sp³-hybridized carbons (Fsp3) is 0.438. The summed E-state index contributed by atoms with van der Waals surface area (Å²) < 4.78 is 16.8. The Balaban J connectivity index is 0.00000156. The number of hydrogen-bond acceptors (Lipinski definition) is 5. The molecule has 198 valence electrons. The first-order valence-corrected chi connectivity index (χ1v) is 13.7. The Morgan fingerprint density at radius 1 is 0.784 bits per heavy atom. The Morgan fingerprint density at radius 2 is 1.51 bits per heavy atom. The van der Waals surface area contributed by atoms with Crippen molar-refractivity contribution in [1.82, 2.24) is 5.32 Å². The molecular formula is C32H42N2O3. The van der Waals surface area contributed by atoms with E-state index in [1.807, 2.05) is 13.8 Å². The second-order valence-corrected chi connectivity index (χ2v) is 9.58. The van der Waals surface area contributed by atoms with Crippen LogP contribution >= 0.6 is 0 Å². The van der Waals surface area contributed by atoms with Gasteiger partial charge in [-0.25, -0.2) is 0 Å². The van der Waals surface area contributed by atoms with Gasteiger partial charge in [0, 0.05) is 23.8 Å². The number of methoxy groups -OCH3 is 3. The van der Waals surface area contributed by atoms with Crippen LogP contribution in [0.4, 0.5) is 5.69 Å². The lowest BCUT2D eigenvalue weighted by Gasteiger charge is -2.36. The number of nitrogens with one attached hydrogen (secondary N) is 1. The van der Waals surface area contributed by atoms with Gasteiger partial charge in [0.2, 0.25) is 0 Å². The number of benzene rings is 3. The SMILES string of the molecule is CC.COc1ccc(N(Cc2cccc(-c3cc(OC)c(OC)c(C4CC4)c3)c2)C2CCNCC2)cc1. The molecule has 1 N–H and O–H groups in total. The quantitative estimate of drug-likeness (QED) is 0.340. The summed E-state index contributed by atoms with van der Waals surface area (Å²) in [5.41, 5.74) is 6.21. The van der Waals surface area contributed by atoms with Gasteiger partial charge in [0.25, 0.3) is 0 Å². The molecule has 3 aromatic carbocycles. The number of hydrogen-bond donors (Lipinski definition) is 1. The minimum absolute atomic E-state index is 0.510. The molecule has 0 amide bonds. The van der Waals surface area contributed by atoms with Crippen LogP contribution in [0, 0.1) is 0 Å². The van der Waals surface area contributed by atoms with Crippen molar-refractivity contribution in [2.75, 3.05) is 39.3 Å². The first-order valence-electron chi connectivity index (χ1n) is 13.7. The van der Waals surface area contributed by atoms with Crippen LogP contribution in [0.1, 0.15) is 56.6 Å². The number of nitrogens with zero attached hydrogens (tertiary/aromatic N) is 1. The maximum atomic E-state index is 5.72. The predicted molar refractivity (Wildman–Crippen MR) is 153 cm³/mol. The van der Waals surface area contributed by atoms with E-state index >= 15 is 0 Å². The molecule has 0 radical (unpaired) electrons. The normalized spacial score (nSPS) is 15.4. The molecule has 1 heterocycles. The summed E-state index contributed by atoms with van der Waals surface area (Å²) in [4.78, 5) is 2.56. The number of ether oxygens (including phenoxy) is 3. The molecule has 1 saturated carbocycles. The maximum absolute atomic E-state index is 5.72. The van der Waals surface area contributed by atoms with Crippen molar-refractivity contribution in [2.24, 2.45) is 0 Å². The van der Waals surface area contributed by atoms with Crippen molar-refractivity contribution >= 4 is 5.69 Å². The van der Waals surface area contributed by atoms with Gasteiger partial charge >= 0.3 is 0 Å². The average Bonchev–Trinajstić information content (AvgIpc) is 3.82. The molecule has 0 aromatic heterocycles. The molecule has 2 aliphatic rings. The lowest BCUT2D eigenvalue weighted by atomic mass is 9.97. The molecule has 5 nitrogen and oxygen atoms in total. The molecule has 0 atom stereocenters. The Hall–Kier alpha value is -3.18. The Bertz CT molecular complexity index is 1140. The van der Waals surface area contributed by atoms with E-state index < -0.39 is 0 Å². The van der Waals surface area contributed by atoms with Gasteiger partial charge in [-0.05, 0) is 104 Å². The highest BCUT2D eigenvalue weighted by Gasteiger charge is 2.29. The van der Waals surface area contributed by atoms with Gasteiger partial charge in [0.05, 0.1) is 21.3 Å². The van der Waals surface area contributed by atoms with Crippen LogP contribution in [0.5, 0.6) is 17.2 Å². The third-order valence-corrected chi connectivity index (χ3v) is 7.29. The largest absolute Gasteiger partial charge is 0.497 e. The molecule has 0 unspecified atom stereocenters. The lowest BCUT2D eigenvalue weighted by molar-refractivity contribution is 0.352. The zero-order valence-electron chi connectivity index (χ0n) is 23.0. The average molecular weight is 503 g/mol. The van der Waals surface area contributed by atoms with Crippen molar-refractivity contribution in [2.45, 2.75) is 58.0 Å². The third-order valence-electron chi connectivity index (χ3n) is 7.29. The predicted octanol–water partition coefficient (Wildman–Crippen LogP) is 7.04. The summed E-state index contributed by atoms with van der Waals surface area (Å²) >= 11 is 0. The standard InChI is InChI=1S/C30H36N2O3.C2H6/c1-33-27-11-9-25(10-12-27)32(26-13-15-31-16-14-26)20-21-5-4-6-23(17-21)24-18-28(22-7-8-22)30(35-3)29(19-24)34-2;1-2/h4-6,9-12,17-19,22,26,31H,7-8,13-16,20H2,1-3H3;1-2H3. The summed E-state index contributed by atoms with van der Waals surface area (Å²) in [5.74, 6) is 3.16. The van der Waals surface area contributed by atoms with Crippen LogP contribution < -0.4 is 24.4 Å². The van der Waals surface area contributed by atoms with Crippen LogP contribution in [0.25, 0.3) is 11.1 Å². The van der Waals surface area contributed by atoms with E-state index in [0.717, 1.165) is 49.7 Å². The van der Waals surface area contributed by atoms with Gasteiger partial charge in [-0.2, -0.15) is 0 Å². The lowest BCUT2D eigenvalue weighted by Crippen LogP contribution is -2.43. The number of rotatable bonds is 9. The van der Waals surface area contributed by atoms with E-state index in [1.54, 1.807) is 21.3 Å². The number of piperidine rings is 1. The summed E-state index contributed by atoms with van der Waals surface area (Å²) in [7, 11) is 5.17. The Morgan fingerprint density at radius 3 is 2.14 bits per heavy atom. The molecule has 0 spiro atoms. The van der Waals surface area contributed by atoms with E-state index in [0.29, 0.717) is 12.0 Å². The zero-order valence-corrected chi connectivity index (χ0v) is 23.0. The van der Waals surface area contributed by atoms with Gasteiger partial charge in [0.1, 0.15) is 5.75 Å². The molecular weight excluding hydrogens is 460 g/mol. The molecule has 2 fully saturated rings. The van der Waals surface area contributed by atoms with Gasteiger partial charge in [-0.3, -0.25) is 0 Å². The highest BCUT2D eigenvalue weighted by Crippen LogP contribution is 2.49. The Kier molecular flexibility index (Phi) is 9.34. The molecule has 1 aliphatic carbocycles. The fourth-order valence-electron chi connectivity index (χ4n) is 5.23. The van der Waals surface area contributed by atoms with Crippen molar-refractivity contribution in [1.29, 1.82) is 0 Å². The minimum Gasteiger partial charge on any atom is -0.497 e. The topological polar surface area (TPSA) is 43.0 Å². The van der Waals surface area contributed by atoms with Crippen molar-refractivity contribution in [3.05, 3.63) is 71.8 Å². The van der Waals surface area contributed by atoms with Crippen LogP contribution in [0.3, 0.4) is 0 Å². The first-order chi connectivity index (χ1) is 18.2. The van der Waals surface area contributed by atoms with E-state index in [-0.39, 0.29) is 0 Å². The summed E-state index contributed by atoms with van der Waals surface area (Å²) in [5, 5.41) is 3.50. The molecule has 3 aromatic rings. The summed E-state index contributed by atoms with van der Waals surface area (Å²) in [6.07, 6.45) is 4.73. The second-order valence-electron chi connectivity index (χ2n) is 9.58. The fourth-order valence-corrected chi connectivity index (χ4v) is 5.23. The van der Waals surface area contributed by atoms with Gasteiger partial charge in [0.15, 0.2) is 11.5 Å². The van der Waals surface area contributed by atoms with Crippen LogP contribution in [0.15, 0.2) is 60.7 Å². The molecule has 1 saturated heterocycles. The maximum Gasteiger partial charge on any atom is 0.164 e.